The van der Waals surface area contributed by atoms with Gasteiger partial charge in [-0.15, -0.1) is 0 Å². The average Bonchev–Trinajstić information content (AvgIpc) is 2.69. The highest BCUT2D eigenvalue weighted by atomic mass is 14.0. The highest BCUT2D eigenvalue weighted by Crippen LogP contribution is 2.08. The molecule has 0 amide bonds. The lowest BCUT2D eigenvalue weighted by Crippen LogP contribution is -1.84. The Morgan fingerprint density at radius 1 is 0.615 bits per heavy atom. The van der Waals surface area contributed by atoms with Crippen molar-refractivity contribution in [2.24, 2.45) is 0 Å². The van der Waals surface area contributed by atoms with E-state index in [9.17, 15) is 0 Å². The summed E-state index contributed by atoms with van der Waals surface area (Å²) in [5.41, 5.74) is 4.87. The summed E-state index contributed by atoms with van der Waals surface area (Å²) in [5, 5.41) is 0. The van der Waals surface area contributed by atoms with Gasteiger partial charge in [0, 0.05) is 11.1 Å². The van der Waals surface area contributed by atoms with E-state index in [1.54, 1.807) is 0 Å². The van der Waals surface area contributed by atoms with Crippen LogP contribution >= 0.6 is 0 Å². The Bertz CT molecular complexity index is 725. The Kier molecular flexibility index (Phi) is 8.89. The summed E-state index contributed by atoms with van der Waals surface area (Å²) < 4.78 is 0. The SMILES string of the molecule is CCCCc1ccc(C#C/C=C/C#Cc2ccc(CCCC)cc2)cc1. The van der Waals surface area contributed by atoms with Gasteiger partial charge < -0.3 is 0 Å². The second-order valence-electron chi connectivity index (χ2n) is 6.47. The van der Waals surface area contributed by atoms with Gasteiger partial charge in [-0.1, -0.05) is 74.6 Å². The third-order valence-corrected chi connectivity index (χ3v) is 4.23. The van der Waals surface area contributed by atoms with Crippen molar-refractivity contribution >= 4 is 0 Å². The Morgan fingerprint density at radius 2 is 1.00 bits per heavy atom. The van der Waals surface area contributed by atoms with Crippen molar-refractivity contribution in [1.82, 2.24) is 0 Å². The number of allylic oxidation sites excluding steroid dienone is 2. The molecule has 0 heterocycles. The zero-order valence-electron chi connectivity index (χ0n) is 16.0. The summed E-state index contributed by atoms with van der Waals surface area (Å²) in [6.45, 7) is 4.44. The predicted molar refractivity (Wildman–Crippen MR) is 113 cm³/mol. The first-order valence-electron chi connectivity index (χ1n) is 9.67. The Hall–Kier alpha value is -2.70. The molecule has 0 heteroatoms. The van der Waals surface area contributed by atoms with E-state index in [-0.39, 0.29) is 0 Å². The van der Waals surface area contributed by atoms with Gasteiger partial charge in [0.1, 0.15) is 0 Å². The quantitative estimate of drug-likeness (QED) is 0.539. The molecule has 2 aromatic carbocycles. The van der Waals surface area contributed by atoms with Gasteiger partial charge in [-0.05, 0) is 73.2 Å². The van der Waals surface area contributed by atoms with Crippen LogP contribution in [0.3, 0.4) is 0 Å². The molecule has 0 spiro atoms. The summed E-state index contributed by atoms with van der Waals surface area (Å²) in [5.74, 6) is 12.4. The summed E-state index contributed by atoms with van der Waals surface area (Å²) in [6, 6.07) is 17.1. The van der Waals surface area contributed by atoms with Crippen molar-refractivity contribution in [2.75, 3.05) is 0 Å². The van der Waals surface area contributed by atoms with E-state index >= 15 is 0 Å². The molecular weight excluding hydrogens is 312 g/mol. The van der Waals surface area contributed by atoms with Crippen LogP contribution in [0.2, 0.25) is 0 Å². The van der Waals surface area contributed by atoms with Gasteiger partial charge in [0.25, 0.3) is 0 Å². The molecule has 0 aliphatic heterocycles. The van der Waals surface area contributed by atoms with Crippen LogP contribution < -0.4 is 0 Å². The molecule has 0 atom stereocenters. The molecule has 0 unspecified atom stereocenters. The molecule has 132 valence electrons. The van der Waals surface area contributed by atoms with Crippen LogP contribution in [0.1, 0.15) is 61.8 Å². The maximum atomic E-state index is 3.15. The Balaban J connectivity index is 1.84. The van der Waals surface area contributed by atoms with Gasteiger partial charge in [0.2, 0.25) is 0 Å². The molecule has 0 aliphatic rings. The fraction of sp³-hybridized carbons (Fsp3) is 0.308. The highest BCUT2D eigenvalue weighted by Gasteiger charge is 1.92. The van der Waals surface area contributed by atoms with Crippen molar-refractivity contribution in [3.63, 3.8) is 0 Å². The Morgan fingerprint density at radius 3 is 1.35 bits per heavy atom. The molecule has 0 saturated carbocycles. The molecule has 0 aliphatic carbocycles. The fourth-order valence-corrected chi connectivity index (χ4v) is 2.60. The van der Waals surface area contributed by atoms with Crippen LogP contribution in [-0.4, -0.2) is 0 Å². The van der Waals surface area contributed by atoms with Gasteiger partial charge in [-0.25, -0.2) is 0 Å². The van der Waals surface area contributed by atoms with Crippen LogP contribution in [0.15, 0.2) is 60.7 Å². The van der Waals surface area contributed by atoms with Crippen molar-refractivity contribution in [3.05, 3.63) is 82.9 Å². The number of benzene rings is 2. The molecule has 26 heavy (non-hydrogen) atoms. The van der Waals surface area contributed by atoms with Crippen molar-refractivity contribution < 1.29 is 0 Å². The largest absolute Gasteiger partial charge is 0.0689 e. The van der Waals surface area contributed by atoms with Crippen LogP contribution in [0.25, 0.3) is 0 Å². The van der Waals surface area contributed by atoms with E-state index in [1.807, 2.05) is 12.2 Å². The zero-order chi connectivity index (χ0) is 18.5. The molecule has 0 fully saturated rings. The van der Waals surface area contributed by atoms with E-state index in [4.69, 9.17) is 0 Å². The third-order valence-electron chi connectivity index (χ3n) is 4.23. The average molecular weight is 341 g/mol. The van der Waals surface area contributed by atoms with Gasteiger partial charge in [-0.3, -0.25) is 0 Å². The minimum Gasteiger partial charge on any atom is -0.0689 e. The lowest BCUT2D eigenvalue weighted by Gasteiger charge is -1.99. The summed E-state index contributed by atoms with van der Waals surface area (Å²) >= 11 is 0. The van der Waals surface area contributed by atoms with Gasteiger partial charge >= 0.3 is 0 Å². The molecule has 2 rings (SSSR count). The smallest absolute Gasteiger partial charge is 0.0249 e. The van der Waals surface area contributed by atoms with Crippen molar-refractivity contribution in [3.8, 4) is 23.7 Å². The topological polar surface area (TPSA) is 0 Å². The van der Waals surface area contributed by atoms with Crippen LogP contribution in [0, 0.1) is 23.7 Å². The normalized spacial score (nSPS) is 10.1. The van der Waals surface area contributed by atoms with Crippen LogP contribution in [0.4, 0.5) is 0 Å². The van der Waals surface area contributed by atoms with E-state index in [0.29, 0.717) is 0 Å². The fourth-order valence-electron chi connectivity index (χ4n) is 2.60. The van der Waals surface area contributed by atoms with Crippen LogP contribution in [0.5, 0.6) is 0 Å². The first kappa shape index (κ1) is 19.6. The second kappa shape index (κ2) is 11.8. The molecule has 0 N–H and O–H groups in total. The standard InChI is InChI=1S/C26H28/c1-3-5-11-23-15-19-25(20-16-23)13-9-7-8-10-14-26-21-17-24(18-22-26)12-6-4-2/h7-8,15-22H,3-6,11-12H2,1-2H3/b8-7+. The molecule has 2 aromatic rings. The maximum Gasteiger partial charge on any atom is 0.0249 e. The second-order valence-corrected chi connectivity index (χ2v) is 6.47. The van der Waals surface area contributed by atoms with Gasteiger partial charge in [-0.2, -0.15) is 0 Å². The molecule has 0 bridgehead atoms. The van der Waals surface area contributed by atoms with Crippen molar-refractivity contribution in [2.45, 2.75) is 52.4 Å². The molecular formula is C26H28. The van der Waals surface area contributed by atoms with E-state index < -0.39 is 0 Å². The molecule has 0 radical (unpaired) electrons. The minimum absolute atomic E-state index is 1.05. The number of hydrogen-bond donors (Lipinski definition) is 0. The monoisotopic (exact) mass is 340 g/mol. The maximum absolute atomic E-state index is 3.15. The Labute approximate surface area is 159 Å². The number of unbranched alkanes of at least 4 members (excludes halogenated alkanes) is 2. The zero-order valence-corrected chi connectivity index (χ0v) is 16.0. The van der Waals surface area contributed by atoms with Gasteiger partial charge in [0.05, 0.1) is 0 Å². The number of aryl methyl sites for hydroxylation is 2. The lowest BCUT2D eigenvalue weighted by molar-refractivity contribution is 0.795. The first-order chi connectivity index (χ1) is 12.8. The summed E-state index contributed by atoms with van der Waals surface area (Å²) in [6.07, 6.45) is 10.9. The number of hydrogen-bond acceptors (Lipinski definition) is 0. The minimum atomic E-state index is 1.05. The first-order valence-corrected chi connectivity index (χ1v) is 9.67. The van der Waals surface area contributed by atoms with Gasteiger partial charge in [0.15, 0.2) is 0 Å². The van der Waals surface area contributed by atoms with Crippen LogP contribution in [-0.2, 0) is 12.8 Å². The number of rotatable bonds is 6. The molecule has 0 saturated heterocycles. The molecule has 0 aromatic heterocycles. The lowest BCUT2D eigenvalue weighted by atomic mass is 10.1. The summed E-state index contributed by atoms with van der Waals surface area (Å²) in [4.78, 5) is 0. The van der Waals surface area contributed by atoms with E-state index in [0.717, 1.165) is 24.0 Å². The van der Waals surface area contributed by atoms with E-state index in [2.05, 4.69) is 86.1 Å². The third kappa shape index (κ3) is 7.46. The highest BCUT2D eigenvalue weighted by molar-refractivity contribution is 5.42. The van der Waals surface area contributed by atoms with Crippen molar-refractivity contribution in [1.29, 1.82) is 0 Å². The van der Waals surface area contributed by atoms with E-state index in [1.165, 1.54) is 36.8 Å². The predicted octanol–water partition coefficient (Wildman–Crippen LogP) is 6.33. The summed E-state index contributed by atoms with van der Waals surface area (Å²) in [7, 11) is 0. The molecule has 0 nitrogen and oxygen atoms in total.